The van der Waals surface area contributed by atoms with Crippen LogP contribution in [0.4, 0.5) is 0 Å². The normalized spacial score (nSPS) is 9.43. The Hall–Kier alpha value is -0.896. The first-order valence-corrected chi connectivity index (χ1v) is 6.88. The zero-order valence-corrected chi connectivity index (χ0v) is 15.3. The monoisotopic (exact) mass is 474 g/mol. The summed E-state index contributed by atoms with van der Waals surface area (Å²) in [5.74, 6) is -0.689. The molecule has 8 heteroatoms. The van der Waals surface area contributed by atoms with E-state index in [4.69, 9.17) is 0 Å². The number of fused-ring (bicyclic) bond motifs is 1. The number of hydrogen-bond acceptors (Lipinski definition) is 4. The molecule has 1 aromatic carbocycles. The molecular weight excluding hydrogens is 458 g/mol. The van der Waals surface area contributed by atoms with Crippen molar-refractivity contribution in [2.75, 3.05) is 0 Å². The summed E-state index contributed by atoms with van der Waals surface area (Å²) >= 11 is 1.25. The van der Waals surface area contributed by atoms with Gasteiger partial charge in [0, 0.05) is 61.8 Å². The van der Waals surface area contributed by atoms with Crippen molar-refractivity contribution in [2.24, 2.45) is 7.05 Å². The molecule has 3 aromatic rings. The topological polar surface area (TPSA) is 122 Å². The molecule has 2 aromatic heterocycles. The Labute approximate surface area is 176 Å². The van der Waals surface area contributed by atoms with Crippen molar-refractivity contribution in [3.8, 4) is 5.75 Å². The van der Waals surface area contributed by atoms with Gasteiger partial charge in [0.2, 0.25) is 5.78 Å². The summed E-state index contributed by atoms with van der Waals surface area (Å²) in [6, 6.07) is 10.3. The standard InChI is InChI=1S/C15H11NO3S.Eu.2H2O/c1-16-10-6-3-2-5-9(10)13(17)12(15(16)19)14(18)11-7-4-8-20-11;;;/h2-8,17H,1H3;;2*1H2. The number of thiophene rings is 1. The summed E-state index contributed by atoms with van der Waals surface area (Å²) < 4.78 is 1.38. The van der Waals surface area contributed by atoms with E-state index in [0.717, 1.165) is 0 Å². The van der Waals surface area contributed by atoms with Gasteiger partial charge < -0.3 is 20.6 Å². The van der Waals surface area contributed by atoms with Crippen LogP contribution in [0.5, 0.6) is 5.75 Å². The molecule has 123 valence electrons. The van der Waals surface area contributed by atoms with Crippen molar-refractivity contribution in [3.05, 3.63) is 62.6 Å². The number of aromatic hydroxyl groups is 1. The maximum Gasteiger partial charge on any atom is 0.265 e. The van der Waals surface area contributed by atoms with E-state index in [1.165, 1.54) is 15.9 Å². The second-order valence-corrected chi connectivity index (χ2v) is 5.36. The summed E-state index contributed by atoms with van der Waals surface area (Å²) in [5.41, 5.74) is -0.0639. The Kier molecular flexibility index (Phi) is 8.47. The average Bonchev–Trinajstić information content (AvgIpc) is 2.99. The van der Waals surface area contributed by atoms with E-state index in [9.17, 15) is 14.7 Å². The smallest absolute Gasteiger partial charge is 0.265 e. The number of pyridine rings is 1. The summed E-state index contributed by atoms with van der Waals surface area (Å²) in [5, 5.41) is 12.5. The van der Waals surface area contributed by atoms with Gasteiger partial charge in [0.15, 0.2) is 0 Å². The number of carbonyl (C=O) groups is 1. The molecule has 0 spiro atoms. The molecule has 0 unspecified atom stereocenters. The Morgan fingerprint density at radius 1 is 1.13 bits per heavy atom. The molecule has 23 heavy (non-hydrogen) atoms. The van der Waals surface area contributed by atoms with Crippen LogP contribution < -0.4 is 5.56 Å². The second kappa shape index (κ2) is 8.82. The van der Waals surface area contributed by atoms with Crippen LogP contribution in [0.2, 0.25) is 0 Å². The zero-order valence-electron chi connectivity index (χ0n) is 12.0. The van der Waals surface area contributed by atoms with E-state index in [1.807, 2.05) is 0 Å². The molecule has 6 nitrogen and oxygen atoms in total. The quantitative estimate of drug-likeness (QED) is 0.556. The van der Waals surface area contributed by atoms with Gasteiger partial charge in [-0.1, -0.05) is 18.2 Å². The third-order valence-corrected chi connectivity index (χ3v) is 4.12. The van der Waals surface area contributed by atoms with E-state index in [2.05, 4.69) is 0 Å². The van der Waals surface area contributed by atoms with Crippen LogP contribution in [0.25, 0.3) is 10.9 Å². The van der Waals surface area contributed by atoms with E-state index in [1.54, 1.807) is 48.8 Å². The van der Waals surface area contributed by atoms with Crippen molar-refractivity contribution in [2.45, 2.75) is 0 Å². The minimum atomic E-state index is -0.486. The van der Waals surface area contributed by atoms with Crippen molar-refractivity contribution in [1.29, 1.82) is 0 Å². The molecule has 0 saturated heterocycles. The van der Waals surface area contributed by atoms with Crippen LogP contribution in [-0.4, -0.2) is 26.4 Å². The van der Waals surface area contributed by atoms with E-state index >= 15 is 0 Å². The number of ketones is 1. The Bertz CT molecular complexity index is 873. The number of nitrogens with zero attached hydrogens (tertiary/aromatic N) is 1. The summed E-state index contributed by atoms with van der Waals surface area (Å²) in [4.78, 5) is 25.1. The van der Waals surface area contributed by atoms with Gasteiger partial charge in [0.05, 0.1) is 10.4 Å². The number of para-hydroxylation sites is 1. The number of aromatic nitrogens is 1. The minimum absolute atomic E-state index is 0. The average molecular weight is 473 g/mol. The third-order valence-electron chi connectivity index (χ3n) is 3.25. The molecule has 0 fully saturated rings. The first kappa shape index (κ1) is 22.1. The number of rotatable bonds is 2. The van der Waals surface area contributed by atoms with E-state index in [-0.39, 0.29) is 71.6 Å². The number of aryl methyl sites for hydroxylation is 1. The molecule has 0 aliphatic carbocycles. The fraction of sp³-hybridized carbons (Fsp3) is 0.0667. The molecule has 5 N–H and O–H groups in total. The van der Waals surface area contributed by atoms with Gasteiger partial charge in [-0.05, 0) is 23.6 Å². The molecule has 0 aliphatic rings. The van der Waals surface area contributed by atoms with Gasteiger partial charge in [-0.2, -0.15) is 0 Å². The van der Waals surface area contributed by atoms with Crippen molar-refractivity contribution >= 4 is 28.0 Å². The molecule has 0 atom stereocenters. The zero-order chi connectivity index (χ0) is 14.3. The van der Waals surface area contributed by atoms with Crippen LogP contribution >= 0.6 is 11.3 Å². The molecular formula is C15H15EuNO5S. The van der Waals surface area contributed by atoms with Gasteiger partial charge >= 0.3 is 0 Å². The molecule has 0 bridgehead atoms. The number of benzene rings is 1. The predicted molar refractivity (Wildman–Crippen MR) is 85.8 cm³/mol. The fourth-order valence-corrected chi connectivity index (χ4v) is 2.89. The maximum atomic E-state index is 12.4. The molecule has 1 radical (unpaired) electrons. The number of carbonyl (C=O) groups excluding carboxylic acids is 1. The fourth-order valence-electron chi connectivity index (χ4n) is 2.22. The molecule has 0 aliphatic heterocycles. The molecule has 2 heterocycles. The number of hydrogen-bond donors (Lipinski definition) is 1. The van der Waals surface area contributed by atoms with Crippen LogP contribution in [0.1, 0.15) is 15.2 Å². The van der Waals surface area contributed by atoms with Gasteiger partial charge in [0.25, 0.3) is 5.56 Å². The van der Waals surface area contributed by atoms with E-state index in [0.29, 0.717) is 15.8 Å². The van der Waals surface area contributed by atoms with Gasteiger partial charge in [-0.15, -0.1) is 11.3 Å². The SMILES string of the molecule is Cn1c(=O)c(C(=O)c2cccs2)c(O)c2ccccc21.O.O.[Eu]. The molecule has 0 saturated carbocycles. The van der Waals surface area contributed by atoms with Crippen LogP contribution in [0.15, 0.2) is 46.6 Å². The second-order valence-electron chi connectivity index (χ2n) is 4.41. The van der Waals surface area contributed by atoms with Crippen LogP contribution in [0, 0.1) is 49.4 Å². The first-order valence-electron chi connectivity index (χ1n) is 6.00. The summed E-state index contributed by atoms with van der Waals surface area (Å²) in [6.07, 6.45) is 0. The third kappa shape index (κ3) is 3.79. The predicted octanol–water partition coefficient (Wildman–Crippen LogP) is 0.887. The van der Waals surface area contributed by atoms with Crippen LogP contribution in [0.3, 0.4) is 0 Å². The minimum Gasteiger partial charge on any atom is -0.506 e. The van der Waals surface area contributed by atoms with Crippen molar-refractivity contribution in [1.82, 2.24) is 4.57 Å². The van der Waals surface area contributed by atoms with Crippen molar-refractivity contribution < 1.29 is 70.2 Å². The van der Waals surface area contributed by atoms with Crippen LogP contribution in [-0.2, 0) is 7.05 Å². The molecule has 3 rings (SSSR count). The van der Waals surface area contributed by atoms with Gasteiger partial charge in [-0.25, -0.2) is 0 Å². The summed E-state index contributed by atoms with van der Waals surface area (Å²) in [7, 11) is 1.59. The Morgan fingerprint density at radius 3 is 2.39 bits per heavy atom. The Balaban J connectivity index is 0.00000161. The van der Waals surface area contributed by atoms with Crippen molar-refractivity contribution in [3.63, 3.8) is 0 Å². The molecule has 0 amide bonds. The Morgan fingerprint density at radius 2 is 1.78 bits per heavy atom. The summed E-state index contributed by atoms with van der Waals surface area (Å²) in [6.45, 7) is 0. The largest absolute Gasteiger partial charge is 0.506 e. The maximum absolute atomic E-state index is 12.4. The van der Waals surface area contributed by atoms with E-state index < -0.39 is 11.3 Å². The van der Waals surface area contributed by atoms with Gasteiger partial charge in [0.1, 0.15) is 11.3 Å². The van der Waals surface area contributed by atoms with Gasteiger partial charge in [-0.3, -0.25) is 9.59 Å². The first-order chi connectivity index (χ1) is 9.61.